The highest BCUT2D eigenvalue weighted by Crippen LogP contribution is 2.30. The van der Waals surface area contributed by atoms with Crippen molar-refractivity contribution in [2.45, 2.75) is 45.4 Å². The van der Waals surface area contributed by atoms with Crippen LogP contribution in [0, 0.1) is 0 Å². The van der Waals surface area contributed by atoms with E-state index in [0.717, 1.165) is 43.1 Å². The molecular formula is C16H21N3O2S. The molecule has 6 heteroatoms. The van der Waals surface area contributed by atoms with Gasteiger partial charge in [-0.05, 0) is 19.3 Å². The third-order valence-electron chi connectivity index (χ3n) is 4.15. The number of rotatable bonds is 4. The molecule has 1 saturated heterocycles. The summed E-state index contributed by atoms with van der Waals surface area (Å²) in [7, 11) is 0. The highest BCUT2D eigenvalue weighted by Gasteiger charge is 2.29. The zero-order valence-corrected chi connectivity index (χ0v) is 13.9. The minimum absolute atomic E-state index is 0.0115. The lowest BCUT2D eigenvalue weighted by Gasteiger charge is -2.31. The van der Waals surface area contributed by atoms with Gasteiger partial charge in [-0.15, -0.1) is 11.3 Å². The number of aryl methyl sites for hydroxylation is 2. The topological polar surface area (TPSA) is 59.2 Å². The number of amides is 1. The van der Waals surface area contributed by atoms with Crippen molar-refractivity contribution in [3.63, 3.8) is 0 Å². The van der Waals surface area contributed by atoms with Crippen LogP contribution in [0.4, 0.5) is 0 Å². The second-order valence-corrected chi connectivity index (χ2v) is 6.49. The van der Waals surface area contributed by atoms with Gasteiger partial charge in [-0.2, -0.15) is 0 Å². The smallest absolute Gasteiger partial charge is 0.276 e. The average molecular weight is 319 g/mol. The van der Waals surface area contributed by atoms with Crippen molar-refractivity contribution in [3.05, 3.63) is 33.9 Å². The van der Waals surface area contributed by atoms with Crippen LogP contribution in [0.2, 0.25) is 0 Å². The van der Waals surface area contributed by atoms with Crippen molar-refractivity contribution in [3.8, 4) is 0 Å². The molecule has 0 radical (unpaired) electrons. The zero-order valence-electron chi connectivity index (χ0n) is 13.0. The van der Waals surface area contributed by atoms with Gasteiger partial charge in [0.1, 0.15) is 5.76 Å². The first-order chi connectivity index (χ1) is 10.7. The molecule has 3 rings (SSSR count). The molecule has 22 heavy (non-hydrogen) atoms. The van der Waals surface area contributed by atoms with Crippen LogP contribution >= 0.6 is 11.3 Å². The van der Waals surface area contributed by atoms with Gasteiger partial charge in [0, 0.05) is 30.8 Å². The largest absolute Gasteiger partial charge is 0.448 e. The Labute approximate surface area is 134 Å². The lowest BCUT2D eigenvalue weighted by Crippen LogP contribution is -2.39. The molecule has 0 spiro atoms. The molecule has 1 atom stereocenters. The molecule has 0 aromatic carbocycles. The lowest BCUT2D eigenvalue weighted by atomic mass is 9.98. The molecule has 2 aromatic heterocycles. The number of carbonyl (C=O) groups excluding carboxylic acids is 1. The van der Waals surface area contributed by atoms with E-state index >= 15 is 0 Å². The third-order valence-corrected chi connectivity index (χ3v) is 5.21. The van der Waals surface area contributed by atoms with Gasteiger partial charge in [-0.25, -0.2) is 9.97 Å². The Morgan fingerprint density at radius 3 is 3.05 bits per heavy atom. The summed E-state index contributed by atoms with van der Waals surface area (Å²) < 4.78 is 5.29. The van der Waals surface area contributed by atoms with Crippen LogP contribution in [0.3, 0.4) is 0 Å². The van der Waals surface area contributed by atoms with Gasteiger partial charge in [0.25, 0.3) is 5.91 Å². The summed E-state index contributed by atoms with van der Waals surface area (Å²) >= 11 is 1.72. The van der Waals surface area contributed by atoms with Gasteiger partial charge in [0.05, 0.1) is 10.7 Å². The lowest BCUT2D eigenvalue weighted by molar-refractivity contribution is 0.0699. The molecule has 5 nitrogen and oxygen atoms in total. The Kier molecular flexibility index (Phi) is 4.57. The summed E-state index contributed by atoms with van der Waals surface area (Å²) in [5.74, 6) is 1.01. The number of hydrogen-bond acceptors (Lipinski definition) is 5. The van der Waals surface area contributed by atoms with Crippen molar-refractivity contribution in [2.75, 3.05) is 13.1 Å². The fourth-order valence-corrected chi connectivity index (χ4v) is 3.91. The first-order valence-electron chi connectivity index (χ1n) is 7.88. The Hall–Kier alpha value is -1.69. The maximum Gasteiger partial charge on any atom is 0.276 e. The van der Waals surface area contributed by atoms with Crippen LogP contribution in [-0.4, -0.2) is 33.9 Å². The summed E-state index contributed by atoms with van der Waals surface area (Å²) in [6.07, 6.45) is 5.12. The van der Waals surface area contributed by atoms with Gasteiger partial charge in [0.15, 0.2) is 12.1 Å². The van der Waals surface area contributed by atoms with Gasteiger partial charge < -0.3 is 9.32 Å². The number of oxazole rings is 1. The maximum atomic E-state index is 12.7. The molecule has 2 aromatic rings. The average Bonchev–Trinajstić information content (AvgIpc) is 3.23. The molecule has 1 aliphatic heterocycles. The van der Waals surface area contributed by atoms with Crippen molar-refractivity contribution in [2.24, 2.45) is 0 Å². The quantitative estimate of drug-likeness (QED) is 0.868. The van der Waals surface area contributed by atoms with Crippen LogP contribution in [-0.2, 0) is 12.8 Å². The van der Waals surface area contributed by atoms with Crippen LogP contribution in [0.5, 0.6) is 0 Å². The zero-order chi connectivity index (χ0) is 15.5. The number of piperidine rings is 1. The molecule has 0 saturated carbocycles. The molecule has 0 unspecified atom stereocenters. The molecule has 0 aliphatic carbocycles. The Morgan fingerprint density at radius 2 is 2.32 bits per heavy atom. The first-order valence-corrected chi connectivity index (χ1v) is 8.76. The van der Waals surface area contributed by atoms with Crippen LogP contribution < -0.4 is 0 Å². The molecule has 1 aliphatic rings. The number of hydrogen-bond donors (Lipinski definition) is 0. The first kappa shape index (κ1) is 15.2. The van der Waals surface area contributed by atoms with E-state index in [1.165, 1.54) is 6.39 Å². The van der Waals surface area contributed by atoms with E-state index < -0.39 is 0 Å². The van der Waals surface area contributed by atoms with E-state index in [9.17, 15) is 4.79 Å². The summed E-state index contributed by atoms with van der Waals surface area (Å²) in [4.78, 5) is 23.4. The maximum absolute atomic E-state index is 12.7. The minimum Gasteiger partial charge on any atom is -0.448 e. The molecule has 3 heterocycles. The number of nitrogens with zero attached hydrogens (tertiary/aromatic N) is 3. The Balaban J connectivity index is 1.74. The van der Waals surface area contributed by atoms with Crippen molar-refractivity contribution in [1.82, 2.24) is 14.9 Å². The molecule has 118 valence electrons. The van der Waals surface area contributed by atoms with Gasteiger partial charge in [-0.1, -0.05) is 13.8 Å². The van der Waals surface area contributed by atoms with Gasteiger partial charge in [-0.3, -0.25) is 4.79 Å². The van der Waals surface area contributed by atoms with Gasteiger partial charge >= 0.3 is 0 Å². The number of carbonyl (C=O) groups is 1. The van der Waals surface area contributed by atoms with E-state index in [4.69, 9.17) is 4.42 Å². The van der Waals surface area contributed by atoms with E-state index in [1.54, 1.807) is 11.3 Å². The van der Waals surface area contributed by atoms with Crippen molar-refractivity contribution in [1.29, 1.82) is 0 Å². The second-order valence-electron chi connectivity index (χ2n) is 5.60. The summed E-state index contributed by atoms with van der Waals surface area (Å²) in [6.45, 7) is 5.60. The van der Waals surface area contributed by atoms with Crippen molar-refractivity contribution < 1.29 is 9.21 Å². The highest BCUT2D eigenvalue weighted by molar-refractivity contribution is 7.09. The predicted octanol–water partition coefficient (Wildman–Crippen LogP) is 3.28. The number of likely N-dealkylation sites (tertiary alicyclic amines) is 1. The molecule has 0 N–H and O–H groups in total. The van der Waals surface area contributed by atoms with Crippen molar-refractivity contribution >= 4 is 17.2 Å². The van der Waals surface area contributed by atoms with E-state index in [2.05, 4.69) is 22.3 Å². The van der Waals surface area contributed by atoms with E-state index in [-0.39, 0.29) is 5.91 Å². The standard InChI is InChI=1S/C16H21N3O2S/c1-3-12-9-22-15(18-12)11-6-5-7-19(8-11)16(20)14-13(4-2)21-10-17-14/h9-11H,3-8H2,1-2H3/t11-/m1/s1. The summed E-state index contributed by atoms with van der Waals surface area (Å²) in [6, 6.07) is 0. The fraction of sp³-hybridized carbons (Fsp3) is 0.562. The fourth-order valence-electron chi connectivity index (χ4n) is 2.88. The molecular weight excluding hydrogens is 298 g/mol. The normalized spacial score (nSPS) is 18.6. The third kappa shape index (κ3) is 2.92. The Morgan fingerprint density at radius 1 is 1.45 bits per heavy atom. The SMILES string of the molecule is CCc1csc([C@@H]2CCCN(C(=O)c3ncoc3CC)C2)n1. The van der Waals surface area contributed by atoms with Crippen LogP contribution in [0.25, 0.3) is 0 Å². The van der Waals surface area contributed by atoms with Gasteiger partial charge in [0.2, 0.25) is 0 Å². The molecule has 1 fully saturated rings. The number of aromatic nitrogens is 2. The minimum atomic E-state index is -0.0115. The Bertz CT molecular complexity index is 649. The highest BCUT2D eigenvalue weighted by atomic mass is 32.1. The monoisotopic (exact) mass is 319 g/mol. The predicted molar refractivity (Wildman–Crippen MR) is 85.3 cm³/mol. The molecule has 0 bridgehead atoms. The second kappa shape index (κ2) is 6.60. The molecule has 1 amide bonds. The van der Waals surface area contributed by atoms with E-state index in [1.807, 2.05) is 11.8 Å². The summed E-state index contributed by atoms with van der Waals surface area (Å²) in [5, 5.41) is 3.29. The van der Waals surface area contributed by atoms with E-state index in [0.29, 0.717) is 23.8 Å². The number of thiazole rings is 1. The van der Waals surface area contributed by atoms with Crippen LogP contribution in [0.15, 0.2) is 16.2 Å². The van der Waals surface area contributed by atoms with Crippen LogP contribution in [0.1, 0.15) is 59.6 Å². The summed E-state index contributed by atoms with van der Waals surface area (Å²) in [5.41, 5.74) is 1.62.